The number of rotatable bonds is 7. The number of aliphatic hydroxyl groups excluding tert-OH is 1. The number of amides is 1. The van der Waals surface area contributed by atoms with E-state index in [0.717, 1.165) is 72.8 Å². The first-order chi connectivity index (χ1) is 20.6. The number of anilines is 3. The number of hydrogen-bond acceptors (Lipinski definition) is 10. The van der Waals surface area contributed by atoms with Gasteiger partial charge >= 0.3 is 0 Å². The quantitative estimate of drug-likeness (QED) is 0.439. The number of ether oxygens (including phenoxy) is 1. The summed E-state index contributed by atoms with van der Waals surface area (Å²) in [4.78, 5) is 39.6. The monoisotopic (exact) mass is 570 g/mol. The van der Waals surface area contributed by atoms with E-state index in [9.17, 15) is 9.90 Å². The van der Waals surface area contributed by atoms with Gasteiger partial charge in [-0.1, -0.05) is 6.07 Å². The topological polar surface area (TPSA) is 120 Å². The fraction of sp³-hybridized carbons (Fsp3) is 0.581. The first-order valence-corrected chi connectivity index (χ1v) is 15.5. The second kappa shape index (κ2) is 10.7. The van der Waals surface area contributed by atoms with Gasteiger partial charge in [0.1, 0.15) is 11.3 Å². The maximum absolute atomic E-state index is 13.2. The van der Waals surface area contributed by atoms with Crippen molar-refractivity contribution >= 4 is 34.4 Å². The molecule has 220 valence electrons. The van der Waals surface area contributed by atoms with Crippen molar-refractivity contribution in [1.82, 2.24) is 29.7 Å². The largest absolute Gasteiger partial charge is 0.395 e. The predicted molar refractivity (Wildman–Crippen MR) is 158 cm³/mol. The van der Waals surface area contributed by atoms with Gasteiger partial charge in [-0.15, -0.1) is 0 Å². The van der Waals surface area contributed by atoms with Crippen LogP contribution in [0.4, 0.5) is 17.6 Å². The average Bonchev–Trinajstić information content (AvgIpc) is 3.72. The number of aromatic nitrogens is 4. The van der Waals surface area contributed by atoms with Gasteiger partial charge in [0.25, 0.3) is 0 Å². The molecule has 1 atom stereocenters. The summed E-state index contributed by atoms with van der Waals surface area (Å²) in [5, 5.41) is 13.6. The zero-order valence-corrected chi connectivity index (χ0v) is 23.9. The SMILES string of the molecule is O=C([C@H]1CCN(CCO)C1)N1CCc2nc(Nc3ncc4cc(C5COC5)nc(N5C6CCC5CC6)c4n3)ccc2C1. The molecule has 0 radical (unpaired) electrons. The van der Waals surface area contributed by atoms with Crippen molar-refractivity contribution in [3.05, 3.63) is 41.3 Å². The number of hydrogen-bond donors (Lipinski definition) is 2. The van der Waals surface area contributed by atoms with Crippen molar-refractivity contribution in [2.75, 3.05) is 56.2 Å². The van der Waals surface area contributed by atoms with Crippen LogP contribution in [0.1, 0.15) is 55.0 Å². The highest BCUT2D eigenvalue weighted by atomic mass is 16.5. The Morgan fingerprint density at radius 3 is 2.64 bits per heavy atom. The third-order valence-electron chi connectivity index (χ3n) is 9.96. The molecule has 0 unspecified atom stereocenters. The van der Waals surface area contributed by atoms with Crippen molar-refractivity contribution in [1.29, 1.82) is 0 Å². The van der Waals surface area contributed by atoms with Gasteiger partial charge in [-0.2, -0.15) is 0 Å². The number of β-amino-alcohol motifs (C(OH)–C–C–N with tert-alkyl or cyclic N) is 1. The zero-order chi connectivity index (χ0) is 28.2. The van der Waals surface area contributed by atoms with Crippen molar-refractivity contribution in [2.45, 2.75) is 63.1 Å². The Morgan fingerprint density at radius 1 is 1.05 bits per heavy atom. The summed E-state index contributed by atoms with van der Waals surface area (Å²) < 4.78 is 5.47. The Hall–Kier alpha value is -3.41. The van der Waals surface area contributed by atoms with E-state index in [0.29, 0.717) is 49.4 Å². The lowest BCUT2D eigenvalue weighted by Gasteiger charge is -2.30. The molecule has 2 N–H and O–H groups in total. The van der Waals surface area contributed by atoms with E-state index in [-0.39, 0.29) is 18.4 Å². The van der Waals surface area contributed by atoms with E-state index in [1.54, 1.807) is 0 Å². The van der Waals surface area contributed by atoms with Crippen molar-refractivity contribution in [3.8, 4) is 0 Å². The number of fused-ring (bicyclic) bond motifs is 4. The molecule has 5 aliphatic rings. The minimum atomic E-state index is 0.0188. The second-order valence-electron chi connectivity index (χ2n) is 12.6. The van der Waals surface area contributed by atoms with Crippen molar-refractivity contribution in [3.63, 3.8) is 0 Å². The van der Waals surface area contributed by atoms with Gasteiger partial charge in [0.05, 0.1) is 31.4 Å². The van der Waals surface area contributed by atoms with Gasteiger partial charge in [-0.05, 0) is 56.3 Å². The molecule has 8 heterocycles. The summed E-state index contributed by atoms with van der Waals surface area (Å²) >= 11 is 0. The maximum Gasteiger partial charge on any atom is 0.229 e. The maximum atomic E-state index is 13.2. The Bertz CT molecular complexity index is 1490. The molecule has 42 heavy (non-hydrogen) atoms. The first kappa shape index (κ1) is 26.2. The molecule has 0 spiro atoms. The number of carbonyl (C=O) groups excluding carboxylic acids is 1. The summed E-state index contributed by atoms with van der Waals surface area (Å²) in [5.41, 5.74) is 4.08. The van der Waals surface area contributed by atoms with Gasteiger partial charge < -0.3 is 29.9 Å². The third-order valence-corrected chi connectivity index (χ3v) is 9.96. The molecule has 0 aromatic carbocycles. The van der Waals surface area contributed by atoms with Crippen LogP contribution in [0.3, 0.4) is 0 Å². The lowest BCUT2D eigenvalue weighted by atomic mass is 10.0. The smallest absolute Gasteiger partial charge is 0.229 e. The van der Waals surface area contributed by atoms with Crippen molar-refractivity contribution < 1.29 is 14.6 Å². The van der Waals surface area contributed by atoms with E-state index in [1.807, 2.05) is 17.2 Å². The Balaban J connectivity index is 1.01. The highest BCUT2D eigenvalue weighted by Gasteiger charge is 2.41. The summed E-state index contributed by atoms with van der Waals surface area (Å²) in [6.07, 6.45) is 8.40. The van der Waals surface area contributed by atoms with Crippen LogP contribution in [0.25, 0.3) is 10.9 Å². The fourth-order valence-corrected chi connectivity index (χ4v) is 7.58. The standard InChI is InChI=1S/C31H38N8O3/c40-12-11-37-9-7-20(15-37)30(41)38-10-8-25-19(16-38)1-6-27(33-25)35-31-32-14-21-13-26(22-17-42-18-22)34-29(28(21)36-31)39-23-2-3-24(39)5-4-23/h1,6,13-14,20,22-24,40H,2-5,7-12,15-18H2,(H,32,33,35,36)/t20-,23?,24?/m0/s1. The molecule has 3 aromatic heterocycles. The molecule has 0 saturated carbocycles. The lowest BCUT2D eigenvalue weighted by Crippen LogP contribution is -2.41. The Morgan fingerprint density at radius 2 is 1.88 bits per heavy atom. The van der Waals surface area contributed by atoms with Crippen molar-refractivity contribution in [2.24, 2.45) is 5.92 Å². The predicted octanol–water partition coefficient (Wildman–Crippen LogP) is 2.61. The van der Waals surface area contributed by atoms with E-state index < -0.39 is 0 Å². The molecule has 4 fully saturated rings. The summed E-state index contributed by atoms with van der Waals surface area (Å²) in [6, 6.07) is 7.25. The number of aliphatic hydroxyl groups is 1. The normalized spacial score (nSPS) is 25.7. The van der Waals surface area contributed by atoms with E-state index in [2.05, 4.69) is 32.2 Å². The first-order valence-electron chi connectivity index (χ1n) is 15.5. The molecule has 0 aliphatic carbocycles. The molecule has 2 bridgehead atoms. The number of nitrogens with zero attached hydrogens (tertiary/aromatic N) is 7. The zero-order valence-electron chi connectivity index (χ0n) is 23.9. The number of likely N-dealkylation sites (tertiary alicyclic amines) is 1. The number of nitrogens with one attached hydrogen (secondary N) is 1. The van der Waals surface area contributed by atoms with E-state index in [4.69, 9.17) is 19.7 Å². The van der Waals surface area contributed by atoms with Crippen LogP contribution >= 0.6 is 0 Å². The minimum absolute atomic E-state index is 0.0188. The Kier molecular flexibility index (Phi) is 6.68. The fourth-order valence-electron chi connectivity index (χ4n) is 7.58. The molecule has 1 amide bonds. The Labute approximate surface area is 245 Å². The molecular weight excluding hydrogens is 532 g/mol. The summed E-state index contributed by atoms with van der Waals surface area (Å²) in [7, 11) is 0. The number of pyridine rings is 2. The van der Waals surface area contributed by atoms with Gasteiger partial charge in [-0.25, -0.2) is 19.9 Å². The van der Waals surface area contributed by atoms with Crippen LogP contribution in [0.2, 0.25) is 0 Å². The van der Waals surface area contributed by atoms with Crippen LogP contribution < -0.4 is 10.2 Å². The molecule has 8 rings (SSSR count). The highest BCUT2D eigenvalue weighted by Crippen LogP contribution is 2.43. The third kappa shape index (κ3) is 4.67. The molecule has 11 nitrogen and oxygen atoms in total. The van der Waals surface area contributed by atoms with Crippen LogP contribution in [-0.2, 0) is 22.5 Å². The van der Waals surface area contributed by atoms with Gasteiger partial charge in [0, 0.05) is 67.9 Å². The average molecular weight is 571 g/mol. The van der Waals surface area contributed by atoms with Gasteiger partial charge in [0.2, 0.25) is 11.9 Å². The van der Waals surface area contributed by atoms with Crippen LogP contribution in [0.5, 0.6) is 0 Å². The molecule has 4 saturated heterocycles. The van der Waals surface area contributed by atoms with E-state index >= 15 is 0 Å². The molecule has 5 aliphatic heterocycles. The van der Waals surface area contributed by atoms with Gasteiger partial charge in [-0.3, -0.25) is 4.79 Å². The molecular formula is C31H38N8O3. The van der Waals surface area contributed by atoms with Crippen LogP contribution in [0.15, 0.2) is 24.4 Å². The second-order valence-corrected chi connectivity index (χ2v) is 12.6. The van der Waals surface area contributed by atoms with Crippen LogP contribution in [-0.4, -0.2) is 98.8 Å². The lowest BCUT2D eigenvalue weighted by molar-refractivity contribution is -0.136. The summed E-state index contributed by atoms with van der Waals surface area (Å²) in [5.74, 6) is 2.81. The van der Waals surface area contributed by atoms with Gasteiger partial charge in [0.15, 0.2) is 5.82 Å². The highest BCUT2D eigenvalue weighted by molar-refractivity contribution is 5.90. The minimum Gasteiger partial charge on any atom is -0.395 e. The number of carbonyl (C=O) groups is 1. The summed E-state index contributed by atoms with van der Waals surface area (Å²) in [6.45, 7) is 5.11. The van der Waals surface area contributed by atoms with E-state index in [1.165, 1.54) is 25.7 Å². The molecule has 11 heteroatoms. The van der Waals surface area contributed by atoms with Crippen LogP contribution in [0, 0.1) is 5.92 Å². The molecule has 3 aromatic rings.